The van der Waals surface area contributed by atoms with Crippen molar-refractivity contribution >= 4 is 12.0 Å². The molecule has 0 radical (unpaired) electrons. The number of hydrogen-bond acceptors (Lipinski definition) is 2. The third-order valence-corrected chi connectivity index (χ3v) is 8.75. The zero-order valence-electron chi connectivity index (χ0n) is 22.8. The van der Waals surface area contributed by atoms with E-state index in [4.69, 9.17) is 4.74 Å². The van der Waals surface area contributed by atoms with Gasteiger partial charge in [-0.1, -0.05) is 69.7 Å². The molecule has 2 saturated carbocycles. The van der Waals surface area contributed by atoms with Crippen LogP contribution in [0.25, 0.3) is 6.08 Å². The van der Waals surface area contributed by atoms with Crippen LogP contribution in [-0.4, -0.2) is 5.97 Å². The predicted molar refractivity (Wildman–Crippen MR) is 147 cm³/mol. The Labute approximate surface area is 229 Å². The van der Waals surface area contributed by atoms with Gasteiger partial charge in [-0.2, -0.15) is 13.2 Å². The first-order chi connectivity index (χ1) is 18.7. The van der Waals surface area contributed by atoms with Crippen LogP contribution in [0.2, 0.25) is 0 Å². The molecule has 2 aliphatic rings. The minimum atomic E-state index is -4.80. The Balaban J connectivity index is 1.21. The summed E-state index contributed by atoms with van der Waals surface area (Å²) in [6, 6.07) is 8.92. The predicted octanol–water partition coefficient (Wildman–Crippen LogP) is 10.3. The van der Waals surface area contributed by atoms with Crippen LogP contribution >= 0.6 is 0 Å². The zero-order chi connectivity index (χ0) is 27.8. The second-order valence-electron chi connectivity index (χ2n) is 11.5. The van der Waals surface area contributed by atoms with E-state index in [1.54, 1.807) is 12.1 Å². The molecule has 39 heavy (non-hydrogen) atoms. The van der Waals surface area contributed by atoms with Crippen molar-refractivity contribution in [2.45, 2.75) is 90.1 Å². The number of esters is 1. The summed E-state index contributed by atoms with van der Waals surface area (Å²) in [5, 5.41) is 0. The highest BCUT2D eigenvalue weighted by atomic mass is 19.4. The fraction of sp³-hybridized carbons (Fsp3) is 0.545. The normalized spacial score (nSPS) is 24.1. The summed E-state index contributed by atoms with van der Waals surface area (Å²) in [7, 11) is 0. The molecule has 4 rings (SSSR count). The fourth-order valence-electron chi connectivity index (χ4n) is 6.37. The first-order valence-corrected chi connectivity index (χ1v) is 14.6. The number of carbonyl (C=O) groups excluding carboxylic acids is 1. The van der Waals surface area contributed by atoms with Crippen LogP contribution in [0.15, 0.2) is 48.5 Å². The maximum atomic E-state index is 13.7. The second-order valence-corrected chi connectivity index (χ2v) is 11.5. The van der Waals surface area contributed by atoms with Crippen molar-refractivity contribution in [2.24, 2.45) is 23.7 Å². The molecular weight excluding hydrogens is 504 g/mol. The highest BCUT2D eigenvalue weighted by molar-refractivity contribution is 5.91. The number of ether oxygens (including phenoxy) is 1. The van der Waals surface area contributed by atoms with Crippen LogP contribution in [0, 0.1) is 29.5 Å². The van der Waals surface area contributed by atoms with Gasteiger partial charge in [-0.25, -0.2) is 9.18 Å². The standard InChI is InChI=1S/C33H40F4O2/c1-2-3-4-5-23-8-14-26(15-9-23)27-16-10-24(11-17-27)6-7-25-12-18-28(19-13-25)32(38)39-29-20-21-30(31(34)22-29)33(35,36)37/h6-7,12-13,18-24,26-27H,2-5,8-11,14-17H2,1H3. The van der Waals surface area contributed by atoms with Gasteiger partial charge in [0.25, 0.3) is 0 Å². The number of benzene rings is 2. The van der Waals surface area contributed by atoms with E-state index in [1.165, 1.54) is 77.0 Å². The largest absolute Gasteiger partial charge is 0.423 e. The first-order valence-electron chi connectivity index (χ1n) is 14.6. The van der Waals surface area contributed by atoms with E-state index in [9.17, 15) is 22.4 Å². The third-order valence-electron chi connectivity index (χ3n) is 8.75. The monoisotopic (exact) mass is 544 g/mol. The number of alkyl halides is 3. The van der Waals surface area contributed by atoms with Gasteiger partial charge in [-0.15, -0.1) is 0 Å². The number of unbranched alkanes of at least 4 members (excludes halogenated alkanes) is 2. The van der Waals surface area contributed by atoms with Crippen molar-refractivity contribution in [3.8, 4) is 5.75 Å². The molecule has 2 aromatic rings. The molecule has 0 heterocycles. The maximum Gasteiger partial charge on any atom is 0.419 e. The lowest BCUT2D eigenvalue weighted by Gasteiger charge is -2.37. The van der Waals surface area contributed by atoms with E-state index in [-0.39, 0.29) is 11.3 Å². The molecule has 0 amide bonds. The van der Waals surface area contributed by atoms with Crippen molar-refractivity contribution < 1.29 is 27.1 Å². The van der Waals surface area contributed by atoms with E-state index in [0.29, 0.717) is 18.1 Å². The summed E-state index contributed by atoms with van der Waals surface area (Å²) in [5.41, 5.74) is -0.184. The quantitative estimate of drug-likeness (QED) is 0.136. The highest BCUT2D eigenvalue weighted by Crippen LogP contribution is 2.42. The molecule has 2 nitrogen and oxygen atoms in total. The van der Waals surface area contributed by atoms with Crippen LogP contribution in [0.1, 0.15) is 105 Å². The van der Waals surface area contributed by atoms with Crippen molar-refractivity contribution in [2.75, 3.05) is 0 Å². The average molecular weight is 545 g/mol. The van der Waals surface area contributed by atoms with E-state index in [2.05, 4.69) is 19.1 Å². The molecule has 2 fully saturated rings. The topological polar surface area (TPSA) is 26.3 Å². The molecule has 0 spiro atoms. The summed E-state index contributed by atoms with van der Waals surface area (Å²) in [6.45, 7) is 2.28. The molecule has 0 aromatic heterocycles. The molecule has 6 heteroatoms. The Kier molecular flexibility index (Phi) is 10.3. The highest BCUT2D eigenvalue weighted by Gasteiger charge is 2.34. The van der Waals surface area contributed by atoms with Crippen LogP contribution < -0.4 is 4.74 Å². The van der Waals surface area contributed by atoms with E-state index in [0.717, 1.165) is 29.4 Å². The Morgan fingerprint density at radius 3 is 2.13 bits per heavy atom. The minimum absolute atomic E-state index is 0.244. The number of hydrogen-bond donors (Lipinski definition) is 0. The molecule has 0 unspecified atom stereocenters. The molecule has 212 valence electrons. The van der Waals surface area contributed by atoms with Crippen molar-refractivity contribution in [1.29, 1.82) is 0 Å². The lowest BCUT2D eigenvalue weighted by molar-refractivity contribution is -0.140. The molecular formula is C33H40F4O2. The number of allylic oxidation sites excluding steroid dienone is 1. The molecule has 0 N–H and O–H groups in total. The second kappa shape index (κ2) is 13.6. The number of halogens is 4. The molecule has 0 saturated heterocycles. The summed E-state index contributed by atoms with van der Waals surface area (Å²) < 4.78 is 57.0. The van der Waals surface area contributed by atoms with E-state index < -0.39 is 23.5 Å². The number of carbonyl (C=O) groups is 1. The lowest BCUT2D eigenvalue weighted by Crippen LogP contribution is -2.25. The summed E-state index contributed by atoms with van der Waals surface area (Å²) in [5.74, 6) is 0.841. The molecule has 2 aliphatic carbocycles. The van der Waals surface area contributed by atoms with Gasteiger partial charge in [0, 0.05) is 6.07 Å². The Bertz CT molecular complexity index is 1090. The Morgan fingerprint density at radius 1 is 0.897 bits per heavy atom. The average Bonchev–Trinajstić information content (AvgIpc) is 2.92. The van der Waals surface area contributed by atoms with Gasteiger partial charge in [-0.3, -0.25) is 0 Å². The van der Waals surface area contributed by atoms with Gasteiger partial charge in [0.15, 0.2) is 0 Å². The minimum Gasteiger partial charge on any atom is -0.423 e. The molecule has 0 atom stereocenters. The maximum absolute atomic E-state index is 13.7. The lowest BCUT2D eigenvalue weighted by atomic mass is 9.68. The molecule has 2 aromatic carbocycles. The van der Waals surface area contributed by atoms with Gasteiger partial charge in [-0.05, 0) is 92.0 Å². The Morgan fingerprint density at radius 2 is 1.54 bits per heavy atom. The third kappa shape index (κ3) is 8.43. The first kappa shape index (κ1) is 29.4. The zero-order valence-corrected chi connectivity index (χ0v) is 22.8. The number of rotatable bonds is 9. The van der Waals surface area contributed by atoms with Crippen LogP contribution in [0.5, 0.6) is 5.75 Å². The van der Waals surface area contributed by atoms with Crippen LogP contribution in [-0.2, 0) is 6.18 Å². The van der Waals surface area contributed by atoms with Gasteiger partial charge in [0.2, 0.25) is 0 Å². The molecule has 0 aliphatic heterocycles. The van der Waals surface area contributed by atoms with Crippen molar-refractivity contribution in [1.82, 2.24) is 0 Å². The SMILES string of the molecule is CCCCCC1CCC(C2CCC(C=Cc3ccc(C(=O)Oc4ccc(C(F)(F)F)c(F)c4)cc3)CC2)CC1. The van der Waals surface area contributed by atoms with Crippen molar-refractivity contribution in [3.05, 3.63) is 71.0 Å². The van der Waals surface area contributed by atoms with E-state index in [1.807, 2.05) is 12.1 Å². The van der Waals surface area contributed by atoms with Gasteiger partial charge in [0.05, 0.1) is 11.1 Å². The van der Waals surface area contributed by atoms with Gasteiger partial charge < -0.3 is 4.74 Å². The van der Waals surface area contributed by atoms with Crippen LogP contribution in [0.4, 0.5) is 17.6 Å². The van der Waals surface area contributed by atoms with Crippen molar-refractivity contribution in [3.63, 3.8) is 0 Å². The van der Waals surface area contributed by atoms with E-state index >= 15 is 0 Å². The smallest absolute Gasteiger partial charge is 0.419 e. The summed E-state index contributed by atoms with van der Waals surface area (Å²) in [4.78, 5) is 12.4. The van der Waals surface area contributed by atoms with Crippen LogP contribution in [0.3, 0.4) is 0 Å². The Hall–Kier alpha value is -2.63. The summed E-state index contributed by atoms with van der Waals surface area (Å²) in [6.07, 6.45) is 15.9. The summed E-state index contributed by atoms with van der Waals surface area (Å²) >= 11 is 0. The van der Waals surface area contributed by atoms with Gasteiger partial charge in [0.1, 0.15) is 11.6 Å². The fourth-order valence-corrected chi connectivity index (χ4v) is 6.37. The van der Waals surface area contributed by atoms with Gasteiger partial charge >= 0.3 is 12.1 Å². The molecule has 0 bridgehead atoms.